The Hall–Kier alpha value is -2.36. The van der Waals surface area contributed by atoms with Crippen LogP contribution in [-0.4, -0.2) is 30.5 Å². The summed E-state index contributed by atoms with van der Waals surface area (Å²) in [7, 11) is 0. The molecule has 1 N–H and O–H groups in total. The number of carbonyl (C=O) groups is 1. The maximum atomic E-state index is 12.1. The normalized spacial score (nSPS) is 17.5. The highest BCUT2D eigenvalue weighted by atomic mass is 16.1. The van der Waals surface area contributed by atoms with Gasteiger partial charge in [-0.2, -0.15) is 0 Å². The highest BCUT2D eigenvalue weighted by Gasteiger charge is 2.23. The predicted octanol–water partition coefficient (Wildman–Crippen LogP) is 2.65. The highest BCUT2D eigenvalue weighted by Crippen LogP contribution is 2.22. The van der Waals surface area contributed by atoms with Crippen LogP contribution in [0.2, 0.25) is 0 Å². The molecule has 1 aromatic heterocycles. The molecule has 1 atom stereocenters. The van der Waals surface area contributed by atoms with Crippen molar-refractivity contribution < 1.29 is 4.79 Å². The number of hydrogen-bond acceptors (Lipinski definition) is 3. The zero-order chi connectivity index (χ0) is 15.4. The second kappa shape index (κ2) is 6.60. The topological polar surface area (TPSA) is 45.2 Å². The zero-order valence-corrected chi connectivity index (χ0v) is 12.8. The Bertz CT molecular complexity index is 642. The number of para-hydroxylation sites is 1. The average Bonchev–Trinajstić information content (AvgIpc) is 3.02. The minimum atomic E-state index is -0.0816. The van der Waals surface area contributed by atoms with Gasteiger partial charge in [0.2, 0.25) is 0 Å². The summed E-state index contributed by atoms with van der Waals surface area (Å²) in [5.74, 6) is 0.413. The molecule has 1 aliphatic heterocycles. The monoisotopic (exact) mass is 295 g/mol. The molecule has 22 heavy (non-hydrogen) atoms. The van der Waals surface area contributed by atoms with Crippen molar-refractivity contribution in [2.75, 3.05) is 24.5 Å². The van der Waals surface area contributed by atoms with Crippen LogP contribution in [0.15, 0.2) is 48.5 Å². The Morgan fingerprint density at radius 3 is 2.82 bits per heavy atom. The van der Waals surface area contributed by atoms with E-state index in [1.165, 1.54) is 5.69 Å². The molecule has 4 heteroatoms. The molecule has 0 radical (unpaired) electrons. The Balaban J connectivity index is 1.52. The number of nitrogens with one attached hydrogen (secondary N) is 1. The molecule has 0 saturated carbocycles. The molecule has 2 aromatic rings. The van der Waals surface area contributed by atoms with Crippen molar-refractivity contribution in [3.63, 3.8) is 0 Å². The van der Waals surface area contributed by atoms with Crippen molar-refractivity contribution in [2.24, 2.45) is 5.92 Å². The first-order chi connectivity index (χ1) is 10.7. The first-order valence-electron chi connectivity index (χ1n) is 7.74. The Morgan fingerprint density at radius 1 is 1.23 bits per heavy atom. The number of pyridine rings is 1. The summed E-state index contributed by atoms with van der Waals surface area (Å²) in [6.45, 7) is 4.64. The number of carbonyl (C=O) groups excluding carboxylic acids is 1. The van der Waals surface area contributed by atoms with E-state index in [4.69, 9.17) is 0 Å². The third-order valence-corrected chi connectivity index (χ3v) is 4.08. The largest absolute Gasteiger partial charge is 0.371 e. The third-order valence-electron chi connectivity index (χ3n) is 4.08. The van der Waals surface area contributed by atoms with E-state index in [1.807, 2.05) is 25.1 Å². The molecule has 1 saturated heterocycles. The summed E-state index contributed by atoms with van der Waals surface area (Å²) in [4.78, 5) is 18.8. The fraction of sp³-hybridized carbons (Fsp3) is 0.333. The van der Waals surface area contributed by atoms with Crippen LogP contribution < -0.4 is 10.2 Å². The Kier molecular flexibility index (Phi) is 4.37. The van der Waals surface area contributed by atoms with Gasteiger partial charge in [-0.3, -0.25) is 4.79 Å². The van der Waals surface area contributed by atoms with Crippen LogP contribution in [-0.2, 0) is 0 Å². The van der Waals surface area contributed by atoms with E-state index in [2.05, 4.69) is 39.5 Å². The maximum absolute atomic E-state index is 12.1. The molecule has 0 spiro atoms. The Labute approximate surface area is 131 Å². The molecule has 1 fully saturated rings. The number of nitrogens with zero attached hydrogens (tertiary/aromatic N) is 2. The van der Waals surface area contributed by atoms with Crippen molar-refractivity contribution >= 4 is 11.6 Å². The zero-order valence-electron chi connectivity index (χ0n) is 12.8. The summed E-state index contributed by atoms with van der Waals surface area (Å²) in [5.41, 5.74) is 2.62. The quantitative estimate of drug-likeness (QED) is 0.943. The van der Waals surface area contributed by atoms with E-state index in [9.17, 15) is 4.79 Å². The van der Waals surface area contributed by atoms with Gasteiger partial charge < -0.3 is 10.2 Å². The summed E-state index contributed by atoms with van der Waals surface area (Å²) >= 11 is 0. The van der Waals surface area contributed by atoms with Crippen molar-refractivity contribution in [1.82, 2.24) is 10.3 Å². The number of benzene rings is 1. The molecular weight excluding hydrogens is 274 g/mol. The molecule has 0 unspecified atom stereocenters. The van der Waals surface area contributed by atoms with E-state index in [1.54, 1.807) is 6.07 Å². The molecule has 1 aromatic carbocycles. The van der Waals surface area contributed by atoms with Crippen molar-refractivity contribution in [1.29, 1.82) is 0 Å². The van der Waals surface area contributed by atoms with Gasteiger partial charge in [0.1, 0.15) is 5.69 Å². The number of hydrogen-bond donors (Lipinski definition) is 1. The lowest BCUT2D eigenvalue weighted by Gasteiger charge is -2.18. The summed E-state index contributed by atoms with van der Waals surface area (Å²) in [5, 5.41) is 3.01. The average molecular weight is 295 g/mol. The lowest BCUT2D eigenvalue weighted by molar-refractivity contribution is 0.0943. The number of amides is 1. The smallest absolute Gasteiger partial charge is 0.269 e. The molecule has 4 nitrogen and oxygen atoms in total. The highest BCUT2D eigenvalue weighted by molar-refractivity contribution is 5.92. The minimum absolute atomic E-state index is 0.0816. The Morgan fingerprint density at radius 2 is 2.05 bits per heavy atom. The van der Waals surface area contributed by atoms with E-state index < -0.39 is 0 Å². The lowest BCUT2D eigenvalue weighted by atomic mass is 10.1. The van der Waals surface area contributed by atoms with Gasteiger partial charge in [-0.15, -0.1) is 0 Å². The van der Waals surface area contributed by atoms with E-state index in [0.717, 1.165) is 25.2 Å². The fourth-order valence-electron chi connectivity index (χ4n) is 2.87. The second-order valence-electron chi connectivity index (χ2n) is 5.81. The maximum Gasteiger partial charge on any atom is 0.269 e. The van der Waals surface area contributed by atoms with Gasteiger partial charge in [-0.05, 0) is 43.5 Å². The van der Waals surface area contributed by atoms with E-state index >= 15 is 0 Å². The van der Waals surface area contributed by atoms with Gasteiger partial charge in [0.15, 0.2) is 0 Å². The summed E-state index contributed by atoms with van der Waals surface area (Å²) in [6, 6.07) is 16.0. The van der Waals surface area contributed by atoms with Gasteiger partial charge in [0.05, 0.1) is 0 Å². The standard InChI is InChI=1S/C18H21N3O/c1-14-6-5-9-17(20-14)18(22)19-12-15-10-11-21(13-15)16-7-3-2-4-8-16/h2-9,15H,10-13H2,1H3,(H,19,22)/t15-/m1/s1. The molecule has 0 bridgehead atoms. The number of rotatable bonds is 4. The molecule has 2 heterocycles. The summed E-state index contributed by atoms with van der Waals surface area (Å²) < 4.78 is 0. The molecule has 0 aliphatic carbocycles. The SMILES string of the molecule is Cc1cccc(C(=O)NC[C@H]2CCN(c3ccccc3)C2)n1. The van der Waals surface area contributed by atoms with Crippen molar-refractivity contribution in [2.45, 2.75) is 13.3 Å². The molecule has 114 valence electrons. The molecular formula is C18H21N3O. The van der Waals surface area contributed by atoms with Crippen LogP contribution in [0.1, 0.15) is 22.6 Å². The van der Waals surface area contributed by atoms with E-state index in [0.29, 0.717) is 18.2 Å². The van der Waals surface area contributed by atoms with Gasteiger partial charge in [0.25, 0.3) is 5.91 Å². The van der Waals surface area contributed by atoms with Crippen LogP contribution >= 0.6 is 0 Å². The molecule has 1 aliphatic rings. The van der Waals surface area contributed by atoms with Crippen LogP contribution in [0.5, 0.6) is 0 Å². The number of aromatic nitrogens is 1. The van der Waals surface area contributed by atoms with Gasteiger partial charge >= 0.3 is 0 Å². The fourth-order valence-corrected chi connectivity index (χ4v) is 2.87. The van der Waals surface area contributed by atoms with Gasteiger partial charge in [-0.1, -0.05) is 24.3 Å². The van der Waals surface area contributed by atoms with Crippen LogP contribution in [0, 0.1) is 12.8 Å². The van der Waals surface area contributed by atoms with E-state index in [-0.39, 0.29) is 5.91 Å². The predicted molar refractivity (Wildman–Crippen MR) is 88.1 cm³/mol. The van der Waals surface area contributed by atoms with Gasteiger partial charge in [-0.25, -0.2) is 4.98 Å². The number of anilines is 1. The lowest BCUT2D eigenvalue weighted by Crippen LogP contribution is -2.31. The second-order valence-corrected chi connectivity index (χ2v) is 5.81. The van der Waals surface area contributed by atoms with Crippen molar-refractivity contribution in [3.8, 4) is 0 Å². The first-order valence-corrected chi connectivity index (χ1v) is 7.74. The molecule has 1 amide bonds. The summed E-state index contributed by atoms with van der Waals surface area (Å²) in [6.07, 6.45) is 1.11. The first kappa shape index (κ1) is 14.6. The van der Waals surface area contributed by atoms with Crippen LogP contribution in [0.25, 0.3) is 0 Å². The van der Waals surface area contributed by atoms with Crippen LogP contribution in [0.3, 0.4) is 0 Å². The van der Waals surface area contributed by atoms with Crippen molar-refractivity contribution in [3.05, 3.63) is 59.9 Å². The van der Waals surface area contributed by atoms with Crippen LogP contribution in [0.4, 0.5) is 5.69 Å². The molecule has 3 rings (SSSR count). The third kappa shape index (κ3) is 3.45. The minimum Gasteiger partial charge on any atom is -0.371 e. The number of aryl methyl sites for hydroxylation is 1. The van der Waals surface area contributed by atoms with Gasteiger partial charge in [0, 0.05) is 31.0 Å².